The Balaban J connectivity index is 1.75. The highest BCUT2D eigenvalue weighted by molar-refractivity contribution is 6.00. The molecule has 2 N–H and O–H groups in total. The molecule has 136 valence electrons. The van der Waals surface area contributed by atoms with Crippen LogP contribution in [0.4, 0.5) is 16.2 Å². The van der Waals surface area contributed by atoms with Crippen molar-refractivity contribution < 1.29 is 4.79 Å². The molecule has 0 unspecified atom stereocenters. The van der Waals surface area contributed by atoms with Gasteiger partial charge in [0.15, 0.2) is 0 Å². The molecule has 0 atom stereocenters. The fourth-order valence-electron chi connectivity index (χ4n) is 2.96. The number of benzene rings is 1. The predicted octanol–water partition coefficient (Wildman–Crippen LogP) is 3.97. The van der Waals surface area contributed by atoms with Gasteiger partial charge in [-0.2, -0.15) is 10.2 Å². The maximum absolute atomic E-state index is 12.5. The highest BCUT2D eigenvalue weighted by Gasteiger charge is 2.16. The molecule has 0 saturated carbocycles. The highest BCUT2D eigenvalue weighted by atomic mass is 16.2. The van der Waals surface area contributed by atoms with Gasteiger partial charge in [-0.3, -0.25) is 9.36 Å². The molecule has 7 heteroatoms. The van der Waals surface area contributed by atoms with Gasteiger partial charge in [0, 0.05) is 24.1 Å². The van der Waals surface area contributed by atoms with Gasteiger partial charge in [0.05, 0.1) is 23.6 Å². The summed E-state index contributed by atoms with van der Waals surface area (Å²) in [5, 5.41) is 14.6. The first-order valence-electron chi connectivity index (χ1n) is 8.64. The number of hydrogen-bond donors (Lipinski definition) is 2. The van der Waals surface area contributed by atoms with Gasteiger partial charge >= 0.3 is 6.03 Å². The van der Waals surface area contributed by atoms with E-state index in [-0.39, 0.29) is 12.1 Å². The smallest absolute Gasteiger partial charge is 0.307 e. The second kappa shape index (κ2) is 7.43. The Labute approximate surface area is 153 Å². The molecular formula is C19H24N6O. The van der Waals surface area contributed by atoms with E-state index >= 15 is 0 Å². The number of nitrogens with zero attached hydrogens (tertiary/aromatic N) is 4. The van der Waals surface area contributed by atoms with Crippen molar-refractivity contribution in [1.82, 2.24) is 19.6 Å². The Morgan fingerprint density at radius 1 is 1.15 bits per heavy atom. The van der Waals surface area contributed by atoms with E-state index in [2.05, 4.69) is 34.7 Å². The number of anilines is 2. The summed E-state index contributed by atoms with van der Waals surface area (Å²) in [6.45, 7) is 8.57. The second-order valence-electron chi connectivity index (χ2n) is 6.52. The Hall–Kier alpha value is -3.09. The molecule has 2 aromatic heterocycles. The van der Waals surface area contributed by atoms with E-state index in [1.165, 1.54) is 0 Å². The van der Waals surface area contributed by atoms with E-state index in [9.17, 15) is 4.79 Å². The summed E-state index contributed by atoms with van der Waals surface area (Å²) in [5.74, 6) is 0. The Morgan fingerprint density at radius 3 is 2.58 bits per heavy atom. The molecule has 2 amide bonds. The van der Waals surface area contributed by atoms with Crippen molar-refractivity contribution in [3.63, 3.8) is 0 Å². The van der Waals surface area contributed by atoms with E-state index in [0.29, 0.717) is 6.54 Å². The molecular weight excluding hydrogens is 328 g/mol. The maximum Gasteiger partial charge on any atom is 0.323 e. The van der Waals surface area contributed by atoms with Crippen molar-refractivity contribution in [2.24, 2.45) is 0 Å². The van der Waals surface area contributed by atoms with Gasteiger partial charge in [-0.05, 0) is 45.4 Å². The number of aryl methyl sites for hydroxylation is 1. The molecule has 1 aromatic carbocycles. The van der Waals surface area contributed by atoms with Gasteiger partial charge in [-0.25, -0.2) is 4.79 Å². The number of hydrogen-bond acceptors (Lipinski definition) is 3. The van der Waals surface area contributed by atoms with Crippen LogP contribution < -0.4 is 10.6 Å². The number of para-hydroxylation sites is 1. The largest absolute Gasteiger partial charge is 0.323 e. The molecule has 0 radical (unpaired) electrons. The lowest BCUT2D eigenvalue weighted by Gasteiger charge is -2.13. The quantitative estimate of drug-likeness (QED) is 0.729. The van der Waals surface area contributed by atoms with Crippen LogP contribution in [-0.2, 0) is 6.54 Å². The molecule has 0 aliphatic rings. The summed E-state index contributed by atoms with van der Waals surface area (Å²) in [5.41, 5.74) is 4.24. The second-order valence-corrected chi connectivity index (χ2v) is 6.52. The Morgan fingerprint density at radius 2 is 1.92 bits per heavy atom. The van der Waals surface area contributed by atoms with E-state index in [1.807, 2.05) is 59.7 Å². The molecule has 0 spiro atoms. The molecule has 0 fully saturated rings. The Kier molecular flexibility index (Phi) is 5.06. The fourth-order valence-corrected chi connectivity index (χ4v) is 2.96. The maximum atomic E-state index is 12.5. The van der Waals surface area contributed by atoms with Crippen LogP contribution >= 0.6 is 0 Å². The summed E-state index contributed by atoms with van der Waals surface area (Å²) < 4.78 is 3.73. The normalized spacial score (nSPS) is 11.0. The van der Waals surface area contributed by atoms with Crippen molar-refractivity contribution in [1.29, 1.82) is 0 Å². The minimum Gasteiger partial charge on any atom is -0.307 e. The fraction of sp³-hybridized carbons (Fsp3) is 0.316. The van der Waals surface area contributed by atoms with Gasteiger partial charge in [0.25, 0.3) is 0 Å². The van der Waals surface area contributed by atoms with Gasteiger partial charge in [-0.1, -0.05) is 18.2 Å². The van der Waals surface area contributed by atoms with Gasteiger partial charge in [-0.15, -0.1) is 0 Å². The van der Waals surface area contributed by atoms with Crippen LogP contribution in [0.25, 0.3) is 0 Å². The van der Waals surface area contributed by atoms with Crippen LogP contribution in [0.15, 0.2) is 42.7 Å². The average molecular weight is 352 g/mol. The van der Waals surface area contributed by atoms with Gasteiger partial charge in [0.1, 0.15) is 0 Å². The van der Waals surface area contributed by atoms with Crippen LogP contribution in [0.2, 0.25) is 0 Å². The zero-order chi connectivity index (χ0) is 18.7. The van der Waals surface area contributed by atoms with Crippen molar-refractivity contribution in [3.05, 3.63) is 59.7 Å². The number of carbonyl (C=O) groups excluding carboxylic acids is 1. The molecule has 0 aliphatic heterocycles. The number of aromatic nitrogens is 4. The first kappa shape index (κ1) is 17.7. The van der Waals surface area contributed by atoms with E-state index < -0.39 is 0 Å². The van der Waals surface area contributed by atoms with Crippen LogP contribution in [0, 0.1) is 13.8 Å². The number of amides is 2. The lowest BCUT2D eigenvalue weighted by Crippen LogP contribution is -2.21. The van der Waals surface area contributed by atoms with Crippen molar-refractivity contribution >= 4 is 17.4 Å². The van der Waals surface area contributed by atoms with Crippen LogP contribution in [-0.4, -0.2) is 25.6 Å². The number of nitrogens with one attached hydrogen (secondary N) is 2. The SMILES string of the molecule is Cc1nn(C(C)C)c(C)c1NC(=O)Nc1ccccc1Cn1cccn1. The molecule has 0 bridgehead atoms. The van der Waals surface area contributed by atoms with Gasteiger partial charge < -0.3 is 10.6 Å². The third-order valence-corrected chi connectivity index (χ3v) is 4.21. The number of rotatable bonds is 5. The first-order valence-corrected chi connectivity index (χ1v) is 8.64. The predicted molar refractivity (Wildman–Crippen MR) is 102 cm³/mol. The standard InChI is InChI=1S/C19H24N6O/c1-13(2)25-15(4)18(14(3)23-25)22-19(26)21-17-9-6-5-8-16(17)12-24-11-7-10-20-24/h5-11,13H,12H2,1-4H3,(H2,21,22,26). The Bertz CT molecular complexity index is 895. The third kappa shape index (κ3) is 3.77. The van der Waals surface area contributed by atoms with Crippen molar-refractivity contribution in [2.75, 3.05) is 10.6 Å². The summed E-state index contributed by atoms with van der Waals surface area (Å²) in [4.78, 5) is 12.5. The monoisotopic (exact) mass is 352 g/mol. The van der Waals surface area contributed by atoms with E-state index in [0.717, 1.165) is 28.3 Å². The third-order valence-electron chi connectivity index (χ3n) is 4.21. The molecule has 26 heavy (non-hydrogen) atoms. The lowest BCUT2D eigenvalue weighted by atomic mass is 10.2. The minimum atomic E-state index is -0.285. The molecule has 0 saturated heterocycles. The molecule has 3 rings (SSSR count). The molecule has 0 aliphatic carbocycles. The van der Waals surface area contributed by atoms with Crippen LogP contribution in [0.3, 0.4) is 0 Å². The van der Waals surface area contributed by atoms with Crippen molar-refractivity contribution in [2.45, 2.75) is 40.3 Å². The minimum absolute atomic E-state index is 0.238. The first-order chi connectivity index (χ1) is 12.5. The van der Waals surface area contributed by atoms with Crippen LogP contribution in [0.5, 0.6) is 0 Å². The van der Waals surface area contributed by atoms with E-state index in [4.69, 9.17) is 0 Å². The number of urea groups is 1. The molecule has 7 nitrogen and oxygen atoms in total. The summed E-state index contributed by atoms with van der Waals surface area (Å²) in [6, 6.07) is 9.54. The average Bonchev–Trinajstić information content (AvgIpc) is 3.20. The van der Waals surface area contributed by atoms with Gasteiger partial charge in [0.2, 0.25) is 0 Å². The highest BCUT2D eigenvalue weighted by Crippen LogP contribution is 2.23. The van der Waals surface area contributed by atoms with Crippen molar-refractivity contribution in [3.8, 4) is 0 Å². The number of carbonyl (C=O) groups is 1. The molecule has 3 aromatic rings. The summed E-state index contributed by atoms with van der Waals surface area (Å²) in [6.07, 6.45) is 3.63. The van der Waals surface area contributed by atoms with Crippen LogP contribution in [0.1, 0.15) is 36.8 Å². The van der Waals surface area contributed by atoms with E-state index in [1.54, 1.807) is 6.20 Å². The topological polar surface area (TPSA) is 76.8 Å². The summed E-state index contributed by atoms with van der Waals surface area (Å²) >= 11 is 0. The summed E-state index contributed by atoms with van der Waals surface area (Å²) in [7, 11) is 0. The zero-order valence-corrected chi connectivity index (χ0v) is 15.5. The molecule has 2 heterocycles. The zero-order valence-electron chi connectivity index (χ0n) is 15.5. The lowest BCUT2D eigenvalue weighted by molar-refractivity contribution is 0.262.